The largest absolute Gasteiger partial charge is 0.394 e. The summed E-state index contributed by atoms with van der Waals surface area (Å²) < 4.78 is 7.19. The topological polar surface area (TPSA) is 127 Å². The maximum absolute atomic E-state index is 10.3. The lowest BCUT2D eigenvalue weighted by molar-refractivity contribution is -0.0508. The summed E-state index contributed by atoms with van der Waals surface area (Å²) in [6.07, 6.45) is -2.40. The predicted molar refractivity (Wildman–Crippen MR) is 90.4 cm³/mol. The van der Waals surface area contributed by atoms with Crippen LogP contribution in [0.4, 0.5) is 5.95 Å². The number of nitrogen functional groups attached to an aromatic ring is 1. The second kappa shape index (κ2) is 6.08. The first-order valence-electron chi connectivity index (χ1n) is 7.92. The van der Waals surface area contributed by atoms with Crippen LogP contribution in [0.15, 0.2) is 42.6 Å². The van der Waals surface area contributed by atoms with Gasteiger partial charge in [0.05, 0.1) is 12.3 Å². The van der Waals surface area contributed by atoms with Gasteiger partial charge in [-0.05, 0) is 6.07 Å². The minimum absolute atomic E-state index is 0.0954. The van der Waals surface area contributed by atoms with Crippen molar-refractivity contribution in [2.75, 3.05) is 12.3 Å². The van der Waals surface area contributed by atoms with Gasteiger partial charge in [-0.1, -0.05) is 30.3 Å². The highest BCUT2D eigenvalue weighted by Gasteiger charge is 2.43. The Morgan fingerprint density at radius 1 is 1.08 bits per heavy atom. The van der Waals surface area contributed by atoms with E-state index in [4.69, 9.17) is 10.5 Å². The van der Waals surface area contributed by atoms with Gasteiger partial charge in [0, 0.05) is 17.1 Å². The van der Waals surface area contributed by atoms with Crippen molar-refractivity contribution < 1.29 is 20.1 Å². The molecule has 1 saturated heterocycles. The molecule has 0 aliphatic carbocycles. The maximum Gasteiger partial charge on any atom is 0.222 e. The molecular weight excluding hydrogens is 324 g/mol. The van der Waals surface area contributed by atoms with Crippen molar-refractivity contribution in [3.63, 3.8) is 0 Å². The number of hydrogen-bond acceptors (Lipinski definition) is 7. The van der Waals surface area contributed by atoms with E-state index in [0.717, 1.165) is 10.9 Å². The average molecular weight is 342 g/mol. The number of benzene rings is 1. The fraction of sp³-hybridized carbons (Fsp3) is 0.294. The van der Waals surface area contributed by atoms with E-state index < -0.39 is 24.5 Å². The summed E-state index contributed by atoms with van der Waals surface area (Å²) in [5.74, 6) is 0.0954. The van der Waals surface area contributed by atoms with E-state index in [1.165, 1.54) is 0 Å². The van der Waals surface area contributed by atoms with Gasteiger partial charge in [0.15, 0.2) is 6.23 Å². The smallest absolute Gasteiger partial charge is 0.222 e. The standard InChI is InChI=1S/C17H18N4O4/c18-17-19-12(9-4-2-1-3-5-9)10-6-7-21(15(10)20-17)16-14(24)13(23)11(8-22)25-16/h1-7,11,13-14,16,22-24H,8H2,(H2,18,19,20)/t11-,13?,14?,16-/m1/s1. The fourth-order valence-corrected chi connectivity index (χ4v) is 3.18. The number of anilines is 1. The number of aliphatic hydroxyl groups is 3. The molecule has 1 aromatic carbocycles. The Morgan fingerprint density at radius 2 is 1.84 bits per heavy atom. The molecule has 0 saturated carbocycles. The molecular formula is C17H18N4O4. The second-order valence-electron chi connectivity index (χ2n) is 5.99. The minimum Gasteiger partial charge on any atom is -0.394 e. The molecule has 1 fully saturated rings. The van der Waals surface area contributed by atoms with E-state index in [1.807, 2.05) is 36.4 Å². The summed E-state index contributed by atoms with van der Waals surface area (Å²) in [4.78, 5) is 8.61. The van der Waals surface area contributed by atoms with Crippen LogP contribution in [-0.2, 0) is 4.74 Å². The molecule has 1 aliphatic heterocycles. The highest BCUT2D eigenvalue weighted by atomic mass is 16.6. The molecule has 25 heavy (non-hydrogen) atoms. The first-order chi connectivity index (χ1) is 12.1. The van der Waals surface area contributed by atoms with Gasteiger partial charge in [-0.3, -0.25) is 0 Å². The van der Waals surface area contributed by atoms with E-state index in [0.29, 0.717) is 11.3 Å². The molecule has 1 aliphatic rings. The van der Waals surface area contributed by atoms with Crippen molar-refractivity contribution in [2.24, 2.45) is 0 Å². The summed E-state index contributed by atoms with van der Waals surface area (Å²) in [6, 6.07) is 11.4. The Balaban J connectivity index is 1.84. The molecule has 0 radical (unpaired) electrons. The van der Waals surface area contributed by atoms with E-state index in [9.17, 15) is 15.3 Å². The van der Waals surface area contributed by atoms with Crippen LogP contribution in [0, 0.1) is 0 Å². The zero-order valence-corrected chi connectivity index (χ0v) is 13.2. The molecule has 8 nitrogen and oxygen atoms in total. The van der Waals surface area contributed by atoms with Gasteiger partial charge in [-0.25, -0.2) is 4.98 Å². The Morgan fingerprint density at radius 3 is 2.52 bits per heavy atom. The van der Waals surface area contributed by atoms with Crippen LogP contribution in [0.3, 0.4) is 0 Å². The molecule has 3 heterocycles. The van der Waals surface area contributed by atoms with Crippen LogP contribution >= 0.6 is 0 Å². The Kier molecular flexibility index (Phi) is 3.89. The van der Waals surface area contributed by atoms with Gasteiger partial charge in [-0.2, -0.15) is 4.98 Å². The van der Waals surface area contributed by atoms with E-state index in [2.05, 4.69) is 9.97 Å². The molecule has 0 spiro atoms. The summed E-state index contributed by atoms with van der Waals surface area (Å²) in [5.41, 5.74) is 7.93. The van der Waals surface area contributed by atoms with E-state index in [1.54, 1.807) is 10.8 Å². The molecule has 8 heteroatoms. The van der Waals surface area contributed by atoms with Crippen LogP contribution in [-0.4, -0.2) is 54.8 Å². The zero-order valence-electron chi connectivity index (χ0n) is 13.2. The van der Waals surface area contributed by atoms with Crippen molar-refractivity contribution in [3.05, 3.63) is 42.6 Å². The van der Waals surface area contributed by atoms with Gasteiger partial charge >= 0.3 is 0 Å². The summed E-state index contributed by atoms with van der Waals surface area (Å²) >= 11 is 0. The number of ether oxygens (including phenoxy) is 1. The minimum atomic E-state index is -1.19. The van der Waals surface area contributed by atoms with Gasteiger partial charge < -0.3 is 30.4 Å². The maximum atomic E-state index is 10.3. The highest BCUT2D eigenvalue weighted by molar-refractivity contribution is 5.92. The number of fused-ring (bicyclic) bond motifs is 1. The first kappa shape index (κ1) is 16.0. The van der Waals surface area contributed by atoms with Crippen molar-refractivity contribution >= 4 is 17.0 Å². The van der Waals surface area contributed by atoms with Gasteiger partial charge in [0.25, 0.3) is 0 Å². The number of rotatable bonds is 3. The van der Waals surface area contributed by atoms with E-state index >= 15 is 0 Å². The molecule has 4 atom stereocenters. The lowest BCUT2D eigenvalue weighted by Gasteiger charge is -2.17. The number of nitrogens with two attached hydrogens (primary N) is 1. The molecule has 0 amide bonds. The van der Waals surface area contributed by atoms with Crippen LogP contribution < -0.4 is 5.73 Å². The lowest BCUT2D eigenvalue weighted by Crippen LogP contribution is -2.33. The van der Waals surface area contributed by atoms with Gasteiger partial charge in [0.2, 0.25) is 5.95 Å². The number of aliphatic hydroxyl groups excluding tert-OH is 3. The number of hydrogen-bond donors (Lipinski definition) is 4. The number of aromatic nitrogens is 3. The van der Waals surface area contributed by atoms with Crippen molar-refractivity contribution in [2.45, 2.75) is 24.5 Å². The molecule has 2 unspecified atom stereocenters. The molecule has 0 bridgehead atoms. The van der Waals surface area contributed by atoms with Crippen molar-refractivity contribution in [1.82, 2.24) is 14.5 Å². The highest BCUT2D eigenvalue weighted by Crippen LogP contribution is 2.34. The normalized spacial score (nSPS) is 26.4. The number of nitrogens with zero attached hydrogens (tertiary/aromatic N) is 3. The first-order valence-corrected chi connectivity index (χ1v) is 7.92. The fourth-order valence-electron chi connectivity index (χ4n) is 3.18. The molecule has 130 valence electrons. The zero-order chi connectivity index (χ0) is 17.6. The Labute approximate surface area is 143 Å². The van der Waals surface area contributed by atoms with Crippen molar-refractivity contribution in [3.8, 4) is 11.3 Å². The summed E-state index contributed by atoms with van der Waals surface area (Å²) in [7, 11) is 0. The average Bonchev–Trinajstić information content (AvgIpc) is 3.16. The lowest BCUT2D eigenvalue weighted by atomic mass is 10.1. The Hall–Kier alpha value is -2.52. The van der Waals surface area contributed by atoms with E-state index in [-0.39, 0.29) is 12.6 Å². The van der Waals surface area contributed by atoms with Crippen LogP contribution in [0.25, 0.3) is 22.3 Å². The molecule has 4 rings (SSSR count). The third-order valence-electron chi connectivity index (χ3n) is 4.43. The molecule has 5 N–H and O–H groups in total. The summed E-state index contributed by atoms with van der Waals surface area (Å²) in [5, 5.41) is 30.3. The third kappa shape index (κ3) is 2.56. The molecule has 2 aromatic heterocycles. The third-order valence-corrected chi connectivity index (χ3v) is 4.43. The predicted octanol–water partition coefficient (Wildman–Crippen LogP) is 0.292. The SMILES string of the molecule is Nc1nc(-c2ccccc2)c2ccn([C@@H]3O[C@H](CO)C(O)C3O)c2n1. The quantitative estimate of drug-likeness (QED) is 0.539. The van der Waals surface area contributed by atoms with Crippen LogP contribution in [0.2, 0.25) is 0 Å². The molecule has 3 aromatic rings. The summed E-state index contributed by atoms with van der Waals surface area (Å²) in [6.45, 7) is -0.389. The van der Waals surface area contributed by atoms with Crippen LogP contribution in [0.5, 0.6) is 0 Å². The monoisotopic (exact) mass is 342 g/mol. The van der Waals surface area contributed by atoms with Gasteiger partial charge in [0.1, 0.15) is 24.0 Å². The van der Waals surface area contributed by atoms with Crippen LogP contribution in [0.1, 0.15) is 6.23 Å². The second-order valence-corrected chi connectivity index (χ2v) is 5.99. The van der Waals surface area contributed by atoms with Gasteiger partial charge in [-0.15, -0.1) is 0 Å². The van der Waals surface area contributed by atoms with Crippen molar-refractivity contribution in [1.29, 1.82) is 0 Å². The Bertz CT molecular complexity index is 898.